The number of aliphatic carboxylic acids is 1. The van der Waals surface area contributed by atoms with E-state index < -0.39 is 5.97 Å². The summed E-state index contributed by atoms with van der Waals surface area (Å²) in [4.78, 5) is 12.8. The van der Waals surface area contributed by atoms with E-state index in [1.807, 2.05) is 18.2 Å². The summed E-state index contributed by atoms with van der Waals surface area (Å²) in [5.41, 5.74) is 2.13. The molecular weight excluding hydrogens is 238 g/mol. The van der Waals surface area contributed by atoms with Gasteiger partial charge in [0.25, 0.3) is 0 Å². The van der Waals surface area contributed by atoms with Crippen LogP contribution in [-0.2, 0) is 11.3 Å². The van der Waals surface area contributed by atoms with Crippen molar-refractivity contribution in [3.63, 3.8) is 0 Å². The van der Waals surface area contributed by atoms with Crippen LogP contribution in [0.3, 0.4) is 0 Å². The smallest absolute Gasteiger partial charge is 0.328 e. The van der Waals surface area contributed by atoms with Gasteiger partial charge < -0.3 is 5.11 Å². The predicted octanol–water partition coefficient (Wildman–Crippen LogP) is 3.40. The second-order valence-electron chi connectivity index (χ2n) is 4.97. The summed E-state index contributed by atoms with van der Waals surface area (Å²) >= 11 is 0. The molecule has 1 atom stereocenters. The number of hydrogen-bond donors (Lipinski definition) is 1. The first kappa shape index (κ1) is 15.4. The molecule has 0 spiro atoms. The lowest BCUT2D eigenvalue weighted by Crippen LogP contribution is -2.28. The largest absolute Gasteiger partial charge is 0.478 e. The highest BCUT2D eigenvalue weighted by atomic mass is 16.4. The monoisotopic (exact) mass is 261 g/mol. The normalized spacial score (nSPS) is 13.1. The zero-order valence-corrected chi connectivity index (χ0v) is 12.0. The van der Waals surface area contributed by atoms with Gasteiger partial charge in [-0.3, -0.25) is 4.90 Å². The van der Waals surface area contributed by atoms with Gasteiger partial charge in [-0.25, -0.2) is 4.79 Å². The molecule has 1 N–H and O–H groups in total. The molecule has 0 radical (unpaired) electrons. The van der Waals surface area contributed by atoms with Crippen LogP contribution in [0.4, 0.5) is 0 Å². The van der Waals surface area contributed by atoms with Gasteiger partial charge in [0.1, 0.15) is 0 Å². The number of carboxylic acids is 1. The third-order valence-electron chi connectivity index (χ3n) is 3.26. The molecule has 3 heteroatoms. The first-order valence-corrected chi connectivity index (χ1v) is 6.73. The van der Waals surface area contributed by atoms with Crippen LogP contribution in [0.1, 0.15) is 37.8 Å². The number of benzene rings is 1. The van der Waals surface area contributed by atoms with Crippen molar-refractivity contribution in [3.05, 3.63) is 41.5 Å². The molecule has 0 bridgehead atoms. The first-order chi connectivity index (χ1) is 9.02. The van der Waals surface area contributed by atoms with Gasteiger partial charge in [-0.05, 0) is 37.6 Å². The number of nitrogens with zero attached hydrogens (tertiary/aromatic N) is 1. The van der Waals surface area contributed by atoms with Crippen molar-refractivity contribution in [2.24, 2.45) is 0 Å². The number of hydrogen-bond acceptors (Lipinski definition) is 2. The summed E-state index contributed by atoms with van der Waals surface area (Å²) in [7, 11) is 2.13. The minimum absolute atomic E-state index is 0.559. The Hall–Kier alpha value is -1.61. The van der Waals surface area contributed by atoms with Gasteiger partial charge in [-0.2, -0.15) is 0 Å². The van der Waals surface area contributed by atoms with Crippen molar-refractivity contribution in [1.29, 1.82) is 0 Å². The topological polar surface area (TPSA) is 40.5 Å². The van der Waals surface area contributed by atoms with Crippen LogP contribution < -0.4 is 0 Å². The van der Waals surface area contributed by atoms with E-state index in [1.165, 1.54) is 24.5 Å². The van der Waals surface area contributed by atoms with E-state index in [1.54, 1.807) is 6.08 Å². The third kappa shape index (κ3) is 5.71. The molecule has 1 aromatic carbocycles. The van der Waals surface area contributed by atoms with Crippen LogP contribution in [0.25, 0.3) is 6.08 Å². The molecule has 0 saturated heterocycles. The lowest BCUT2D eigenvalue weighted by molar-refractivity contribution is -0.131. The fourth-order valence-corrected chi connectivity index (χ4v) is 2.04. The molecule has 0 amide bonds. The Morgan fingerprint density at radius 1 is 1.47 bits per heavy atom. The van der Waals surface area contributed by atoms with Crippen LogP contribution in [0.15, 0.2) is 30.3 Å². The maximum atomic E-state index is 10.5. The predicted molar refractivity (Wildman–Crippen MR) is 78.9 cm³/mol. The number of carboxylic acid groups (broad SMARTS) is 1. The zero-order chi connectivity index (χ0) is 14.3. The molecular formula is C16H23NO2. The Balaban J connectivity index is 2.69. The highest BCUT2D eigenvalue weighted by molar-refractivity contribution is 5.85. The quantitative estimate of drug-likeness (QED) is 0.765. The maximum absolute atomic E-state index is 10.5. The molecule has 3 nitrogen and oxygen atoms in total. The Labute approximate surface area is 115 Å². The second-order valence-corrected chi connectivity index (χ2v) is 4.97. The number of carbonyl (C=O) groups is 1. The summed E-state index contributed by atoms with van der Waals surface area (Å²) in [6, 6.07) is 8.55. The summed E-state index contributed by atoms with van der Waals surface area (Å²) < 4.78 is 0. The van der Waals surface area contributed by atoms with Gasteiger partial charge in [0, 0.05) is 18.7 Å². The van der Waals surface area contributed by atoms with Crippen LogP contribution in [0.2, 0.25) is 0 Å². The van der Waals surface area contributed by atoms with E-state index in [0.29, 0.717) is 6.04 Å². The molecule has 0 aliphatic heterocycles. The molecule has 1 rings (SSSR count). The van der Waals surface area contributed by atoms with Crippen molar-refractivity contribution in [2.45, 2.75) is 39.3 Å². The Bertz CT molecular complexity index is 440. The van der Waals surface area contributed by atoms with E-state index >= 15 is 0 Å². The van der Waals surface area contributed by atoms with Gasteiger partial charge >= 0.3 is 5.97 Å². The third-order valence-corrected chi connectivity index (χ3v) is 3.26. The standard InChI is InChI=1S/C16H23NO2/c1-4-6-13(2)17(3)12-15-8-5-7-14(11-15)9-10-16(18)19/h5,7-11,13H,4,6,12H2,1-3H3,(H,18,19). The molecule has 19 heavy (non-hydrogen) atoms. The van der Waals surface area contributed by atoms with Gasteiger partial charge in [0.15, 0.2) is 0 Å². The van der Waals surface area contributed by atoms with Gasteiger partial charge in [0.2, 0.25) is 0 Å². The molecule has 0 fully saturated rings. The minimum atomic E-state index is -0.918. The van der Waals surface area contributed by atoms with E-state index in [9.17, 15) is 4.79 Å². The summed E-state index contributed by atoms with van der Waals surface area (Å²) in [6.07, 6.45) is 5.17. The van der Waals surface area contributed by atoms with Crippen molar-refractivity contribution < 1.29 is 9.90 Å². The van der Waals surface area contributed by atoms with E-state index in [0.717, 1.165) is 12.1 Å². The van der Waals surface area contributed by atoms with Crippen molar-refractivity contribution in [2.75, 3.05) is 7.05 Å². The first-order valence-electron chi connectivity index (χ1n) is 6.73. The summed E-state index contributed by atoms with van der Waals surface area (Å²) in [6.45, 7) is 5.31. The van der Waals surface area contributed by atoms with E-state index in [-0.39, 0.29) is 0 Å². The molecule has 104 valence electrons. The van der Waals surface area contributed by atoms with E-state index in [4.69, 9.17) is 5.11 Å². The van der Waals surface area contributed by atoms with Crippen molar-refractivity contribution in [1.82, 2.24) is 4.90 Å². The minimum Gasteiger partial charge on any atom is -0.478 e. The lowest BCUT2D eigenvalue weighted by Gasteiger charge is -2.24. The van der Waals surface area contributed by atoms with Gasteiger partial charge in [-0.15, -0.1) is 0 Å². The average Bonchev–Trinajstić information content (AvgIpc) is 2.37. The van der Waals surface area contributed by atoms with Gasteiger partial charge in [-0.1, -0.05) is 37.6 Å². The maximum Gasteiger partial charge on any atom is 0.328 e. The van der Waals surface area contributed by atoms with Crippen LogP contribution >= 0.6 is 0 Å². The molecule has 0 aromatic heterocycles. The van der Waals surface area contributed by atoms with Crippen molar-refractivity contribution >= 4 is 12.0 Å². The molecule has 0 aliphatic carbocycles. The molecule has 1 unspecified atom stereocenters. The fourth-order valence-electron chi connectivity index (χ4n) is 2.04. The fraction of sp³-hybridized carbons (Fsp3) is 0.438. The van der Waals surface area contributed by atoms with Crippen molar-refractivity contribution in [3.8, 4) is 0 Å². The highest BCUT2D eigenvalue weighted by Crippen LogP contribution is 2.12. The summed E-state index contributed by atoms with van der Waals surface area (Å²) in [5, 5.41) is 8.63. The molecule has 1 aromatic rings. The van der Waals surface area contributed by atoms with Crippen LogP contribution in [-0.4, -0.2) is 29.1 Å². The number of rotatable bonds is 7. The Morgan fingerprint density at radius 3 is 2.84 bits per heavy atom. The Kier molecular flexibility index (Phi) is 6.30. The van der Waals surface area contributed by atoms with Crippen LogP contribution in [0, 0.1) is 0 Å². The Morgan fingerprint density at radius 2 is 2.21 bits per heavy atom. The molecule has 0 saturated carbocycles. The second kappa shape index (κ2) is 7.74. The SMILES string of the molecule is CCCC(C)N(C)Cc1cccc(C=CC(=O)O)c1. The zero-order valence-electron chi connectivity index (χ0n) is 12.0. The lowest BCUT2D eigenvalue weighted by atomic mass is 10.1. The highest BCUT2D eigenvalue weighted by Gasteiger charge is 2.08. The molecule has 0 aliphatic rings. The van der Waals surface area contributed by atoms with E-state index in [2.05, 4.69) is 31.9 Å². The van der Waals surface area contributed by atoms with Gasteiger partial charge in [0.05, 0.1) is 0 Å². The summed E-state index contributed by atoms with van der Waals surface area (Å²) in [5.74, 6) is -0.918. The average molecular weight is 261 g/mol. The molecule has 0 heterocycles. The van der Waals surface area contributed by atoms with Crippen LogP contribution in [0.5, 0.6) is 0 Å².